The summed E-state index contributed by atoms with van der Waals surface area (Å²) in [4.78, 5) is 16.5. The number of rotatable bonds is 3. The Kier molecular flexibility index (Phi) is 5.26. The summed E-state index contributed by atoms with van der Waals surface area (Å²) in [5.41, 5.74) is -0.362. The van der Waals surface area contributed by atoms with Crippen molar-refractivity contribution < 1.29 is 17.6 Å². The number of benzene rings is 1. The predicted molar refractivity (Wildman–Crippen MR) is 108 cm³/mol. The molecule has 1 amide bonds. The number of guanidine groups is 1. The van der Waals surface area contributed by atoms with E-state index >= 15 is 0 Å². The molecule has 1 aromatic heterocycles. The average Bonchev–Trinajstić information content (AvgIpc) is 2.60. The minimum Gasteiger partial charge on any atom is -0.345 e. The maximum absolute atomic E-state index is 14.6. The van der Waals surface area contributed by atoms with Crippen LogP contribution in [0.5, 0.6) is 0 Å². The van der Waals surface area contributed by atoms with Gasteiger partial charge in [0.1, 0.15) is 11.5 Å². The van der Waals surface area contributed by atoms with Gasteiger partial charge in [0.15, 0.2) is 0 Å². The summed E-state index contributed by atoms with van der Waals surface area (Å²) >= 11 is 6.06. The van der Waals surface area contributed by atoms with E-state index in [0.717, 1.165) is 15.9 Å². The minimum atomic E-state index is -3.81. The van der Waals surface area contributed by atoms with Crippen LogP contribution in [0.4, 0.5) is 10.1 Å². The number of carbonyl (C=O) groups is 1. The van der Waals surface area contributed by atoms with Crippen molar-refractivity contribution in [1.82, 2.24) is 14.6 Å². The largest absolute Gasteiger partial charge is 0.345 e. The summed E-state index contributed by atoms with van der Waals surface area (Å²) in [6, 6.07) is 5.39. The molecule has 29 heavy (non-hydrogen) atoms. The van der Waals surface area contributed by atoms with Crippen molar-refractivity contribution in [2.24, 2.45) is 0 Å². The Bertz CT molecular complexity index is 1120. The number of amides is 1. The van der Waals surface area contributed by atoms with Crippen molar-refractivity contribution >= 4 is 39.2 Å². The highest BCUT2D eigenvalue weighted by Gasteiger charge is 2.43. The smallest absolute Gasteiger partial charge is 0.275 e. The van der Waals surface area contributed by atoms with E-state index in [0.29, 0.717) is 0 Å². The second-order valence-electron chi connectivity index (χ2n) is 7.02. The number of aromatic nitrogens is 1. The van der Waals surface area contributed by atoms with Crippen LogP contribution in [0, 0.1) is 18.2 Å². The molecule has 11 heteroatoms. The molecule has 0 saturated carbocycles. The SMILES string of the molecule is Cc1cnc(C(=O)Nc2ccc(F)c([C@]3(C)CS(=O)(=O)N(C)C(=N)N3)c2)c(Cl)c1. The number of anilines is 1. The first-order valence-corrected chi connectivity index (χ1v) is 10.5. The molecule has 2 aromatic rings. The summed E-state index contributed by atoms with van der Waals surface area (Å²) in [6.45, 7) is 3.27. The third-order valence-corrected chi connectivity index (χ3v) is 6.86. The molecule has 3 rings (SSSR count). The number of nitrogens with one attached hydrogen (secondary N) is 3. The quantitative estimate of drug-likeness (QED) is 0.679. The van der Waals surface area contributed by atoms with Crippen molar-refractivity contribution in [1.29, 1.82) is 5.41 Å². The van der Waals surface area contributed by atoms with E-state index < -0.39 is 33.0 Å². The van der Waals surface area contributed by atoms with Gasteiger partial charge in [0.2, 0.25) is 16.0 Å². The van der Waals surface area contributed by atoms with Crippen LogP contribution in [0.3, 0.4) is 0 Å². The molecule has 0 radical (unpaired) electrons. The summed E-state index contributed by atoms with van der Waals surface area (Å²) in [6.07, 6.45) is 1.50. The molecule has 0 spiro atoms. The van der Waals surface area contributed by atoms with Gasteiger partial charge in [-0.05, 0) is 43.7 Å². The van der Waals surface area contributed by atoms with Gasteiger partial charge in [-0.15, -0.1) is 0 Å². The Labute approximate surface area is 172 Å². The topological polar surface area (TPSA) is 115 Å². The molecule has 154 valence electrons. The average molecular weight is 440 g/mol. The van der Waals surface area contributed by atoms with E-state index in [1.807, 2.05) is 0 Å². The zero-order valence-electron chi connectivity index (χ0n) is 15.9. The van der Waals surface area contributed by atoms with Crippen molar-refractivity contribution in [3.8, 4) is 0 Å². The number of aryl methyl sites for hydroxylation is 1. The molecule has 2 heterocycles. The van der Waals surface area contributed by atoms with E-state index in [1.54, 1.807) is 13.0 Å². The molecule has 0 bridgehead atoms. The van der Waals surface area contributed by atoms with Gasteiger partial charge < -0.3 is 10.6 Å². The van der Waals surface area contributed by atoms with E-state index in [-0.39, 0.29) is 27.9 Å². The van der Waals surface area contributed by atoms with E-state index in [1.165, 1.54) is 32.3 Å². The lowest BCUT2D eigenvalue weighted by molar-refractivity contribution is 0.102. The van der Waals surface area contributed by atoms with Gasteiger partial charge in [-0.1, -0.05) is 11.6 Å². The van der Waals surface area contributed by atoms with Gasteiger partial charge in [-0.3, -0.25) is 10.2 Å². The fourth-order valence-corrected chi connectivity index (χ4v) is 4.82. The number of hydrogen-bond acceptors (Lipinski definition) is 5. The van der Waals surface area contributed by atoms with E-state index in [9.17, 15) is 17.6 Å². The van der Waals surface area contributed by atoms with Crippen LogP contribution in [0.2, 0.25) is 5.02 Å². The van der Waals surface area contributed by atoms with Gasteiger partial charge in [0.25, 0.3) is 5.91 Å². The van der Waals surface area contributed by atoms with E-state index in [4.69, 9.17) is 17.0 Å². The molecular formula is C18H19ClFN5O3S. The second kappa shape index (κ2) is 7.27. The molecule has 1 atom stereocenters. The number of pyridine rings is 1. The van der Waals surface area contributed by atoms with Gasteiger partial charge in [0.05, 0.1) is 16.3 Å². The van der Waals surface area contributed by atoms with Crippen molar-refractivity contribution in [3.63, 3.8) is 0 Å². The molecule has 1 aliphatic rings. The van der Waals surface area contributed by atoms with Gasteiger partial charge in [0, 0.05) is 24.5 Å². The lowest BCUT2D eigenvalue weighted by atomic mass is 9.93. The molecule has 0 aliphatic carbocycles. The monoisotopic (exact) mass is 439 g/mol. The zero-order valence-corrected chi connectivity index (χ0v) is 17.4. The Morgan fingerprint density at radius 1 is 1.41 bits per heavy atom. The van der Waals surface area contributed by atoms with Gasteiger partial charge >= 0.3 is 0 Å². The van der Waals surface area contributed by atoms with Crippen molar-refractivity contribution in [2.75, 3.05) is 18.1 Å². The van der Waals surface area contributed by atoms with Crippen molar-refractivity contribution in [2.45, 2.75) is 19.4 Å². The van der Waals surface area contributed by atoms with E-state index in [2.05, 4.69) is 15.6 Å². The van der Waals surface area contributed by atoms with Crippen LogP contribution >= 0.6 is 11.6 Å². The molecule has 3 N–H and O–H groups in total. The fraction of sp³-hybridized carbons (Fsp3) is 0.278. The van der Waals surface area contributed by atoms with Crippen LogP contribution in [0.1, 0.15) is 28.5 Å². The summed E-state index contributed by atoms with van der Waals surface area (Å²) < 4.78 is 40.0. The second-order valence-corrected chi connectivity index (χ2v) is 9.43. The molecule has 0 unspecified atom stereocenters. The highest BCUT2D eigenvalue weighted by molar-refractivity contribution is 7.89. The minimum absolute atomic E-state index is 0.000290. The molecule has 1 saturated heterocycles. The molecular weight excluding hydrogens is 421 g/mol. The lowest BCUT2D eigenvalue weighted by Crippen LogP contribution is -2.61. The Balaban J connectivity index is 1.94. The molecule has 1 fully saturated rings. The number of hydrogen-bond donors (Lipinski definition) is 3. The van der Waals surface area contributed by atoms with Gasteiger partial charge in [-0.2, -0.15) is 0 Å². The lowest BCUT2D eigenvalue weighted by Gasteiger charge is -2.40. The number of halogens is 2. The highest BCUT2D eigenvalue weighted by Crippen LogP contribution is 2.31. The van der Waals surface area contributed by atoms with Crippen LogP contribution in [0.15, 0.2) is 30.5 Å². The number of nitrogens with zero attached hydrogens (tertiary/aromatic N) is 2. The summed E-state index contributed by atoms with van der Waals surface area (Å²) in [7, 11) is -2.56. The summed E-state index contributed by atoms with van der Waals surface area (Å²) in [5.74, 6) is -2.09. The maximum Gasteiger partial charge on any atom is 0.275 e. The summed E-state index contributed by atoms with van der Waals surface area (Å²) in [5, 5.41) is 13.4. The highest BCUT2D eigenvalue weighted by atomic mass is 35.5. The molecule has 1 aromatic carbocycles. The van der Waals surface area contributed by atoms with Crippen LogP contribution in [-0.2, 0) is 15.6 Å². The standard InChI is InChI=1S/C18H19ClFN5O3S/c1-10-6-13(19)15(22-8-10)16(26)23-11-4-5-14(20)12(7-11)18(2)9-29(27,28)25(3)17(21)24-18/h4-8H,9H2,1-3H3,(H2,21,24)(H,23,26)/t18-/m0/s1. The first kappa shape index (κ1) is 21.0. The Morgan fingerprint density at radius 3 is 2.72 bits per heavy atom. The third-order valence-electron chi connectivity index (χ3n) is 4.61. The van der Waals surface area contributed by atoms with Gasteiger partial charge in [-0.25, -0.2) is 22.1 Å². The first-order valence-electron chi connectivity index (χ1n) is 8.50. The van der Waals surface area contributed by atoms with Crippen LogP contribution in [0.25, 0.3) is 0 Å². The first-order chi connectivity index (χ1) is 13.4. The fourth-order valence-electron chi connectivity index (χ4n) is 3.04. The molecule has 1 aliphatic heterocycles. The third kappa shape index (κ3) is 4.03. The van der Waals surface area contributed by atoms with Crippen LogP contribution in [-0.4, -0.2) is 42.4 Å². The normalized spacial score (nSPS) is 20.9. The number of sulfonamides is 1. The van der Waals surface area contributed by atoms with Crippen LogP contribution < -0.4 is 10.6 Å². The zero-order chi connectivity index (χ0) is 21.6. The number of carbonyl (C=O) groups excluding carboxylic acids is 1. The Morgan fingerprint density at radius 2 is 2.10 bits per heavy atom. The molecule has 8 nitrogen and oxygen atoms in total. The Hall–Kier alpha value is -2.72. The van der Waals surface area contributed by atoms with Crippen molar-refractivity contribution in [3.05, 3.63) is 58.1 Å². The maximum atomic E-state index is 14.6. The predicted octanol–water partition coefficient (Wildman–Crippen LogP) is 2.45.